The van der Waals surface area contributed by atoms with E-state index in [9.17, 15) is 0 Å². The van der Waals surface area contributed by atoms with E-state index in [-0.39, 0.29) is 48.1 Å². The predicted molar refractivity (Wildman–Crippen MR) is 332 cm³/mol. The lowest BCUT2D eigenvalue weighted by molar-refractivity contribution is 0.281. The van der Waals surface area contributed by atoms with E-state index >= 15 is 0 Å². The summed E-state index contributed by atoms with van der Waals surface area (Å²) in [5.74, 6) is 3.08. The molecule has 8 N–H and O–H groups in total. The summed E-state index contributed by atoms with van der Waals surface area (Å²) in [4.78, 5) is 0. The number of aryl methyl sites for hydroxylation is 2. The van der Waals surface area contributed by atoms with Crippen LogP contribution in [0.15, 0.2) is 73.3 Å². The van der Waals surface area contributed by atoms with Crippen molar-refractivity contribution in [2.24, 2.45) is 22.9 Å². The standard InChI is InChI=1S/C65H92N16O4/c1-42-23-50(62(3,4)5)28-44(58(42)82-38-54-34-70-74-78(54)19-15-66)25-46-30-52(64(9,10)11)32-48(60(46)84-40-56-36-72-76-80(56)21-17-68)27-49-33-53(65(12,13)14)31-47(61(49)85-41-57-37-73-77-81(57)22-18-69)26-45-29-51(63(6,7)8)24-43(2)59(45)83-39-55-35-71-75-79(55)20-16-67/h23-24,28-37H,15-22,25-27,38-41,66-69H2,1-14H3. The van der Waals surface area contributed by atoms with Crippen molar-refractivity contribution in [2.75, 3.05) is 26.2 Å². The SMILES string of the molecule is Cc1cc(C(C)(C)C)cc(Cc2cc(C(C)(C)C)cc(Cc3cc(C(C)(C)C)cc(Cc4cc(C(C)(C)C)cc(C)c4OCc4cnnn4CCN)c3OCc3cnnn3CCN)c2OCc2cnnn2CCN)c1OCc1cnnn1CCN. The summed E-state index contributed by atoms with van der Waals surface area (Å²) in [6.45, 7) is 35.8. The Kier molecular flexibility index (Phi) is 20.0. The summed E-state index contributed by atoms with van der Waals surface area (Å²) in [5, 5.41) is 34.4. The molecule has 0 aliphatic rings. The van der Waals surface area contributed by atoms with Crippen LogP contribution < -0.4 is 41.9 Å². The van der Waals surface area contributed by atoms with E-state index in [0.717, 1.165) is 101 Å². The molecule has 8 aromatic rings. The van der Waals surface area contributed by atoms with Gasteiger partial charge in [0.05, 0.1) is 73.7 Å². The van der Waals surface area contributed by atoms with Crippen LogP contribution in [0.1, 0.15) is 173 Å². The molecule has 20 nitrogen and oxygen atoms in total. The topological polar surface area (TPSA) is 264 Å². The number of ether oxygens (including phenoxy) is 4. The van der Waals surface area contributed by atoms with Gasteiger partial charge in [0.25, 0.3) is 0 Å². The van der Waals surface area contributed by atoms with Gasteiger partial charge in [0, 0.05) is 45.4 Å². The van der Waals surface area contributed by atoms with Gasteiger partial charge in [-0.3, -0.25) is 0 Å². The molecule has 8 rings (SSSR count). The highest BCUT2D eigenvalue weighted by atomic mass is 16.5. The van der Waals surface area contributed by atoms with Gasteiger partial charge in [0.15, 0.2) is 0 Å². The van der Waals surface area contributed by atoms with E-state index in [1.807, 2.05) is 9.36 Å². The third kappa shape index (κ3) is 15.7. The second-order valence-electron chi connectivity index (χ2n) is 26.4. The maximum atomic E-state index is 7.30. The van der Waals surface area contributed by atoms with Gasteiger partial charge in [0.2, 0.25) is 0 Å². The van der Waals surface area contributed by atoms with Crippen LogP contribution in [0.4, 0.5) is 0 Å². The Labute approximate surface area is 502 Å². The van der Waals surface area contributed by atoms with Gasteiger partial charge >= 0.3 is 0 Å². The van der Waals surface area contributed by atoms with Crippen molar-refractivity contribution in [3.05, 3.63) is 163 Å². The molecule has 20 heteroatoms. The molecule has 4 heterocycles. The highest BCUT2D eigenvalue weighted by Gasteiger charge is 2.29. The van der Waals surface area contributed by atoms with Crippen molar-refractivity contribution in [2.45, 2.75) is 190 Å². The fourth-order valence-electron chi connectivity index (χ4n) is 10.5. The van der Waals surface area contributed by atoms with Crippen LogP contribution in [0.2, 0.25) is 0 Å². The Morgan fingerprint density at radius 1 is 0.329 bits per heavy atom. The van der Waals surface area contributed by atoms with Crippen molar-refractivity contribution >= 4 is 0 Å². The van der Waals surface area contributed by atoms with Crippen LogP contribution in [0.25, 0.3) is 0 Å². The molecule has 0 aliphatic heterocycles. The minimum absolute atomic E-state index is 0.163. The van der Waals surface area contributed by atoms with Gasteiger partial charge in [-0.15, -0.1) is 20.4 Å². The van der Waals surface area contributed by atoms with Crippen LogP contribution in [0, 0.1) is 13.8 Å². The Morgan fingerprint density at radius 2 is 0.541 bits per heavy atom. The van der Waals surface area contributed by atoms with E-state index < -0.39 is 0 Å². The minimum Gasteiger partial charge on any atom is -0.487 e. The summed E-state index contributed by atoms with van der Waals surface area (Å²) < 4.78 is 35.6. The lowest BCUT2D eigenvalue weighted by Crippen LogP contribution is -2.18. The molecule has 4 aromatic carbocycles. The second-order valence-corrected chi connectivity index (χ2v) is 26.4. The number of hydrogen-bond acceptors (Lipinski definition) is 16. The highest BCUT2D eigenvalue weighted by molar-refractivity contribution is 5.58. The zero-order chi connectivity index (χ0) is 61.4. The lowest BCUT2D eigenvalue weighted by Gasteiger charge is -2.28. The first-order valence-corrected chi connectivity index (χ1v) is 29.7. The molecule has 0 fully saturated rings. The average Bonchev–Trinajstić information content (AvgIpc) is 4.19. The molecule has 0 bridgehead atoms. The number of nitrogens with two attached hydrogens (primary N) is 4. The average molecular weight is 1160 g/mol. The van der Waals surface area contributed by atoms with Crippen LogP contribution in [-0.4, -0.2) is 86.2 Å². The van der Waals surface area contributed by atoms with Crippen LogP contribution >= 0.6 is 0 Å². The van der Waals surface area contributed by atoms with Crippen molar-refractivity contribution in [1.29, 1.82) is 0 Å². The van der Waals surface area contributed by atoms with E-state index in [4.69, 9.17) is 41.9 Å². The van der Waals surface area contributed by atoms with Crippen LogP contribution in [0.5, 0.6) is 23.0 Å². The largest absolute Gasteiger partial charge is 0.487 e. The minimum atomic E-state index is -0.279. The first kappa shape index (κ1) is 63.5. The van der Waals surface area contributed by atoms with Crippen LogP contribution in [-0.2, 0) is 93.5 Å². The molecule has 0 atom stereocenters. The zero-order valence-corrected chi connectivity index (χ0v) is 52.8. The van der Waals surface area contributed by atoms with Crippen molar-refractivity contribution in [3.8, 4) is 23.0 Å². The van der Waals surface area contributed by atoms with Crippen molar-refractivity contribution < 1.29 is 18.9 Å². The fourth-order valence-corrected chi connectivity index (χ4v) is 10.5. The molecule has 0 spiro atoms. The monoisotopic (exact) mass is 1160 g/mol. The Morgan fingerprint density at radius 3 is 0.765 bits per heavy atom. The Balaban J connectivity index is 1.36. The van der Waals surface area contributed by atoms with Gasteiger partial charge in [-0.2, -0.15) is 0 Å². The third-order valence-corrected chi connectivity index (χ3v) is 15.4. The quantitative estimate of drug-likeness (QED) is 0.0395. The normalized spacial score (nSPS) is 12.4. The van der Waals surface area contributed by atoms with E-state index in [1.165, 1.54) is 11.1 Å². The maximum Gasteiger partial charge on any atom is 0.132 e. The molecular weight excluding hydrogens is 1070 g/mol. The summed E-state index contributed by atoms with van der Waals surface area (Å²) in [5.41, 5.74) is 39.3. The van der Waals surface area contributed by atoms with Gasteiger partial charge in [-0.05, 0) is 102 Å². The molecule has 0 amide bonds. The Hall–Kier alpha value is -7.52. The molecule has 85 heavy (non-hydrogen) atoms. The second kappa shape index (κ2) is 26.8. The molecular formula is C65H92N16O4. The number of benzene rings is 4. The number of hydrogen-bond donors (Lipinski definition) is 4. The van der Waals surface area contributed by atoms with Crippen LogP contribution in [0.3, 0.4) is 0 Å². The van der Waals surface area contributed by atoms with Gasteiger partial charge in [-0.25, -0.2) is 18.7 Å². The molecule has 456 valence electrons. The summed E-state index contributed by atoms with van der Waals surface area (Å²) in [7, 11) is 0. The van der Waals surface area contributed by atoms with E-state index in [2.05, 4.69) is 187 Å². The Bertz CT molecular complexity index is 3300. The maximum absolute atomic E-state index is 7.30. The van der Waals surface area contributed by atoms with E-state index in [1.54, 1.807) is 34.2 Å². The predicted octanol–water partition coefficient (Wildman–Crippen LogP) is 8.78. The molecule has 0 saturated carbocycles. The molecule has 0 saturated heterocycles. The number of nitrogens with zero attached hydrogens (tertiary/aromatic N) is 12. The summed E-state index contributed by atoms with van der Waals surface area (Å²) in [6.07, 6.45) is 8.38. The summed E-state index contributed by atoms with van der Waals surface area (Å²) in [6, 6.07) is 18.3. The van der Waals surface area contributed by atoms with Crippen molar-refractivity contribution in [1.82, 2.24) is 60.0 Å². The molecule has 0 aliphatic carbocycles. The van der Waals surface area contributed by atoms with Gasteiger partial charge in [0.1, 0.15) is 49.4 Å². The van der Waals surface area contributed by atoms with Gasteiger partial charge in [-0.1, -0.05) is 152 Å². The van der Waals surface area contributed by atoms with Crippen molar-refractivity contribution in [3.63, 3.8) is 0 Å². The number of aromatic nitrogens is 12. The molecule has 0 radical (unpaired) electrons. The molecule has 0 unspecified atom stereocenters. The summed E-state index contributed by atoms with van der Waals surface area (Å²) >= 11 is 0. The first-order valence-electron chi connectivity index (χ1n) is 29.7. The highest BCUT2D eigenvalue weighted by Crippen LogP contribution is 2.43. The number of rotatable bonds is 26. The first-order chi connectivity index (χ1) is 40.3. The van der Waals surface area contributed by atoms with Gasteiger partial charge < -0.3 is 41.9 Å². The lowest BCUT2D eigenvalue weighted by atomic mass is 9.80. The smallest absolute Gasteiger partial charge is 0.132 e. The van der Waals surface area contributed by atoms with E-state index in [0.29, 0.717) is 71.6 Å². The molecule has 4 aromatic heterocycles. The zero-order valence-electron chi connectivity index (χ0n) is 52.8. The third-order valence-electron chi connectivity index (χ3n) is 15.4. The fraction of sp³-hybridized carbons (Fsp3) is 0.508.